The molecule has 0 aliphatic carbocycles. The molecule has 1 aromatic heterocycles. The lowest BCUT2D eigenvalue weighted by Crippen LogP contribution is -2.49. The topological polar surface area (TPSA) is 12.9 Å². The van der Waals surface area contributed by atoms with Crippen LogP contribution in [0.15, 0.2) is 9.98 Å². The van der Waals surface area contributed by atoms with Gasteiger partial charge in [0, 0.05) is 0 Å². The molecule has 0 N–H and O–H groups in total. The molecule has 74 valence electrons. The van der Waals surface area contributed by atoms with E-state index in [2.05, 4.69) is 54.8 Å². The van der Waals surface area contributed by atoms with E-state index in [0.717, 1.165) is 3.79 Å². The Morgan fingerprint density at radius 3 is 2.23 bits per heavy atom. The number of aromatic nitrogens is 1. The minimum absolute atomic E-state index is 0.379. The minimum atomic E-state index is -1.38. The second-order valence-electron chi connectivity index (χ2n) is 4.84. The fourth-order valence-corrected chi connectivity index (χ4v) is 5.57. The van der Waals surface area contributed by atoms with Gasteiger partial charge in [-0.3, -0.25) is 4.98 Å². The van der Waals surface area contributed by atoms with Crippen molar-refractivity contribution in [1.82, 2.24) is 4.98 Å². The van der Waals surface area contributed by atoms with Gasteiger partial charge in [0.2, 0.25) is 0 Å². The molecule has 0 aliphatic heterocycles. The normalized spacial score (nSPS) is 13.4. The van der Waals surface area contributed by atoms with Crippen LogP contribution in [0.4, 0.5) is 0 Å². The van der Waals surface area contributed by atoms with Crippen LogP contribution in [0, 0.1) is 0 Å². The van der Waals surface area contributed by atoms with Gasteiger partial charge in [0.15, 0.2) is 0 Å². The largest absolute Gasteiger partial charge is 0.254 e. The van der Waals surface area contributed by atoms with Crippen LogP contribution >= 0.6 is 27.3 Å². The van der Waals surface area contributed by atoms with Crippen molar-refractivity contribution in [1.29, 1.82) is 0 Å². The quantitative estimate of drug-likeness (QED) is 0.715. The van der Waals surface area contributed by atoms with Gasteiger partial charge in [0.25, 0.3) is 0 Å². The summed E-state index contributed by atoms with van der Waals surface area (Å²) in [5.74, 6) is 0. The van der Waals surface area contributed by atoms with Crippen LogP contribution in [0.5, 0.6) is 0 Å². The van der Waals surface area contributed by atoms with Crippen molar-refractivity contribution in [3.8, 4) is 0 Å². The molecule has 0 amide bonds. The first-order valence-electron chi connectivity index (χ1n) is 4.37. The molecule has 0 bridgehead atoms. The minimum Gasteiger partial charge on any atom is -0.254 e. The van der Waals surface area contributed by atoms with Crippen LogP contribution < -0.4 is 4.63 Å². The Hall–Kier alpha value is 0.327. The van der Waals surface area contributed by atoms with Crippen LogP contribution in [-0.4, -0.2) is 13.1 Å². The highest BCUT2D eigenvalue weighted by atomic mass is 79.9. The monoisotopic (exact) mass is 277 g/mol. The summed E-state index contributed by atoms with van der Waals surface area (Å²) in [4.78, 5) is 4.49. The predicted octanol–water partition coefficient (Wildman–Crippen LogP) is 3.62. The average Bonchev–Trinajstić information content (AvgIpc) is 2.33. The second-order valence-corrected chi connectivity index (χ2v) is 12.8. The zero-order valence-corrected chi connectivity index (χ0v) is 12.2. The van der Waals surface area contributed by atoms with Crippen molar-refractivity contribution in [2.75, 3.05) is 0 Å². The Kier molecular flexibility index (Phi) is 3.05. The highest BCUT2D eigenvalue weighted by Crippen LogP contribution is 2.36. The van der Waals surface area contributed by atoms with Gasteiger partial charge in [-0.2, -0.15) is 0 Å². The third-order valence-corrected chi connectivity index (χ3v) is 11.0. The van der Waals surface area contributed by atoms with Gasteiger partial charge in [-0.05, 0) is 21.0 Å². The molecule has 0 unspecified atom stereocenters. The van der Waals surface area contributed by atoms with Gasteiger partial charge in [0.05, 0.1) is 14.6 Å². The first-order valence-corrected chi connectivity index (χ1v) is 8.98. The Balaban J connectivity index is 3.07. The zero-order valence-electron chi connectivity index (χ0n) is 8.81. The maximum absolute atomic E-state index is 4.49. The maximum Gasteiger partial charge on any atom is 0.123 e. The molecule has 13 heavy (non-hydrogen) atoms. The average molecular weight is 278 g/mol. The van der Waals surface area contributed by atoms with Crippen LogP contribution in [0.1, 0.15) is 20.8 Å². The lowest BCUT2D eigenvalue weighted by atomic mass is 10.2. The molecule has 0 aromatic carbocycles. The van der Waals surface area contributed by atoms with Crippen molar-refractivity contribution in [3.05, 3.63) is 9.98 Å². The van der Waals surface area contributed by atoms with Crippen LogP contribution in [0.2, 0.25) is 18.1 Å². The molecule has 0 fully saturated rings. The first kappa shape index (κ1) is 11.4. The number of thiazole rings is 1. The molecule has 0 aliphatic rings. The Bertz CT molecular complexity index is 301. The fraction of sp³-hybridized carbons (Fsp3) is 0.667. The lowest BCUT2D eigenvalue weighted by molar-refractivity contribution is 0.729. The van der Waals surface area contributed by atoms with Gasteiger partial charge >= 0.3 is 0 Å². The van der Waals surface area contributed by atoms with Gasteiger partial charge in [-0.1, -0.05) is 33.9 Å². The summed E-state index contributed by atoms with van der Waals surface area (Å²) in [6.07, 6.45) is 1.92. The molecule has 1 heterocycles. The highest BCUT2D eigenvalue weighted by Gasteiger charge is 2.39. The smallest absolute Gasteiger partial charge is 0.123 e. The Morgan fingerprint density at radius 1 is 1.38 bits per heavy atom. The van der Waals surface area contributed by atoms with E-state index in [9.17, 15) is 0 Å². The maximum atomic E-state index is 4.49. The molecule has 0 radical (unpaired) electrons. The molecule has 1 rings (SSSR count). The third-order valence-electron chi connectivity index (χ3n) is 2.89. The van der Waals surface area contributed by atoms with E-state index in [4.69, 9.17) is 0 Å². The van der Waals surface area contributed by atoms with E-state index in [1.165, 1.54) is 4.63 Å². The van der Waals surface area contributed by atoms with Crippen molar-refractivity contribution in [3.63, 3.8) is 0 Å². The number of halogens is 1. The standard InChI is InChI=1S/C9H16BrNSSi/c1-9(2,3)13(4,5)8-11-6-7(10)12-8/h6H,1-5H3. The van der Waals surface area contributed by atoms with E-state index in [1.807, 2.05) is 6.20 Å². The highest BCUT2D eigenvalue weighted by molar-refractivity contribution is 9.11. The van der Waals surface area contributed by atoms with Crippen LogP contribution in [0.3, 0.4) is 0 Å². The number of rotatable bonds is 1. The lowest BCUT2D eigenvalue weighted by Gasteiger charge is -2.34. The summed E-state index contributed by atoms with van der Waals surface area (Å²) in [6.45, 7) is 11.7. The Labute approximate surface area is 93.7 Å². The van der Waals surface area contributed by atoms with Crippen LogP contribution in [0.25, 0.3) is 0 Å². The van der Waals surface area contributed by atoms with Gasteiger partial charge in [-0.15, -0.1) is 11.3 Å². The van der Waals surface area contributed by atoms with Gasteiger partial charge in [-0.25, -0.2) is 0 Å². The fourth-order valence-electron chi connectivity index (χ4n) is 0.864. The first-order chi connectivity index (χ1) is 5.75. The van der Waals surface area contributed by atoms with E-state index in [1.54, 1.807) is 11.3 Å². The summed E-state index contributed by atoms with van der Waals surface area (Å²) in [6, 6.07) is 0. The number of hydrogen-bond acceptors (Lipinski definition) is 2. The SMILES string of the molecule is CC(C)(C)[Si](C)(C)c1ncc(Br)s1. The molecule has 4 heteroatoms. The van der Waals surface area contributed by atoms with Crippen molar-refractivity contribution in [2.45, 2.75) is 38.9 Å². The third kappa shape index (κ3) is 2.22. The molecule has 1 aromatic rings. The second kappa shape index (κ2) is 3.48. The Morgan fingerprint density at radius 2 is 1.92 bits per heavy atom. The number of nitrogens with zero attached hydrogens (tertiary/aromatic N) is 1. The van der Waals surface area contributed by atoms with Gasteiger partial charge in [0.1, 0.15) is 8.07 Å². The number of hydrogen-bond donors (Lipinski definition) is 0. The molecule has 0 saturated heterocycles. The van der Waals surface area contributed by atoms with E-state index in [0.29, 0.717) is 5.04 Å². The van der Waals surface area contributed by atoms with Gasteiger partial charge < -0.3 is 0 Å². The summed E-state index contributed by atoms with van der Waals surface area (Å²) >= 11 is 5.26. The summed E-state index contributed by atoms with van der Waals surface area (Å²) in [7, 11) is -1.38. The summed E-state index contributed by atoms with van der Waals surface area (Å²) in [5.41, 5.74) is 0. The van der Waals surface area contributed by atoms with E-state index < -0.39 is 8.07 Å². The van der Waals surface area contributed by atoms with Crippen molar-refractivity contribution < 1.29 is 0 Å². The summed E-state index contributed by atoms with van der Waals surface area (Å²) < 4.78 is 2.49. The van der Waals surface area contributed by atoms with Crippen LogP contribution in [-0.2, 0) is 0 Å². The van der Waals surface area contributed by atoms with Crippen molar-refractivity contribution in [2.24, 2.45) is 0 Å². The molecule has 0 atom stereocenters. The zero-order chi connectivity index (χ0) is 10.3. The molecular formula is C9H16BrNSSi. The predicted molar refractivity (Wildman–Crippen MR) is 66.6 cm³/mol. The molecule has 0 spiro atoms. The van der Waals surface area contributed by atoms with E-state index >= 15 is 0 Å². The van der Waals surface area contributed by atoms with E-state index in [-0.39, 0.29) is 0 Å². The molecular weight excluding hydrogens is 262 g/mol. The summed E-state index contributed by atoms with van der Waals surface area (Å²) in [5, 5.41) is 0.379. The van der Waals surface area contributed by atoms with Crippen molar-refractivity contribution >= 4 is 40.0 Å². The molecule has 0 saturated carbocycles. The molecule has 1 nitrogen and oxygen atoms in total.